The van der Waals surface area contributed by atoms with Gasteiger partial charge in [0.1, 0.15) is 0 Å². The van der Waals surface area contributed by atoms with Gasteiger partial charge in [0.2, 0.25) is 0 Å². The minimum Gasteiger partial charge on any atom is -0.379 e. The van der Waals surface area contributed by atoms with Crippen LogP contribution in [0.5, 0.6) is 0 Å². The number of aromatic amines is 1. The normalized spacial score (nSPS) is 14.3. The second-order valence-electron chi connectivity index (χ2n) is 6.94. The molecule has 2 aromatic rings. The molecule has 1 aliphatic carbocycles. The van der Waals surface area contributed by atoms with Crippen LogP contribution >= 0.6 is 24.0 Å². The molecule has 6 heteroatoms. The van der Waals surface area contributed by atoms with Gasteiger partial charge in [-0.05, 0) is 43.7 Å². The fourth-order valence-corrected chi connectivity index (χ4v) is 3.18. The molecule has 0 aliphatic heterocycles. The van der Waals surface area contributed by atoms with Gasteiger partial charge in [0.25, 0.3) is 0 Å². The van der Waals surface area contributed by atoms with Crippen molar-refractivity contribution in [2.24, 2.45) is 10.9 Å². The quantitative estimate of drug-likeness (QED) is 0.269. The monoisotopic (exact) mass is 470 g/mol. The molecule has 1 fully saturated rings. The van der Waals surface area contributed by atoms with Crippen molar-refractivity contribution in [3.8, 4) is 0 Å². The number of ether oxygens (including phenoxy) is 1. The van der Waals surface area contributed by atoms with Crippen LogP contribution in [0, 0.1) is 12.8 Å². The Hall–Kier alpha value is -1.28. The molecule has 1 aromatic carbocycles. The smallest absolute Gasteiger partial charge is 0.193 e. The molecule has 1 saturated carbocycles. The number of aryl methyl sites for hydroxylation is 1. The van der Waals surface area contributed by atoms with Crippen molar-refractivity contribution < 1.29 is 4.74 Å². The van der Waals surface area contributed by atoms with Gasteiger partial charge >= 0.3 is 0 Å². The Morgan fingerprint density at radius 3 is 2.85 bits per heavy atom. The van der Waals surface area contributed by atoms with Crippen molar-refractivity contribution in [1.82, 2.24) is 15.2 Å². The SMILES string of the molecule is CN=C(NCCc1c(C)[nH]c2ccccc12)N(C)CCOCC1CC1.I. The number of nitrogens with one attached hydrogen (secondary N) is 2. The number of aliphatic imine (C=N–C) groups is 1. The van der Waals surface area contributed by atoms with Gasteiger partial charge in [-0.3, -0.25) is 4.99 Å². The van der Waals surface area contributed by atoms with E-state index >= 15 is 0 Å². The summed E-state index contributed by atoms with van der Waals surface area (Å²) in [6.45, 7) is 5.55. The maximum absolute atomic E-state index is 5.72. The van der Waals surface area contributed by atoms with Crippen LogP contribution < -0.4 is 5.32 Å². The minimum absolute atomic E-state index is 0. The van der Waals surface area contributed by atoms with Gasteiger partial charge in [-0.1, -0.05) is 18.2 Å². The summed E-state index contributed by atoms with van der Waals surface area (Å²) in [7, 11) is 3.90. The van der Waals surface area contributed by atoms with E-state index in [1.165, 1.54) is 35.0 Å². The first-order valence-electron chi connectivity index (χ1n) is 9.24. The summed E-state index contributed by atoms with van der Waals surface area (Å²) in [5.74, 6) is 1.75. The predicted octanol–water partition coefficient (Wildman–Crippen LogP) is 3.57. The molecule has 0 radical (unpaired) electrons. The second-order valence-corrected chi connectivity index (χ2v) is 6.94. The van der Waals surface area contributed by atoms with Gasteiger partial charge in [0.15, 0.2) is 5.96 Å². The highest BCUT2D eigenvalue weighted by molar-refractivity contribution is 14.0. The molecule has 1 aliphatic rings. The van der Waals surface area contributed by atoms with E-state index in [0.717, 1.165) is 44.6 Å². The molecule has 1 aromatic heterocycles. The van der Waals surface area contributed by atoms with Crippen molar-refractivity contribution in [2.75, 3.05) is 40.4 Å². The molecule has 0 saturated heterocycles. The number of likely N-dealkylation sites (N-methyl/N-ethyl adjacent to an activating group) is 1. The van der Waals surface area contributed by atoms with Crippen molar-refractivity contribution in [3.63, 3.8) is 0 Å². The van der Waals surface area contributed by atoms with Crippen LogP contribution in [0.2, 0.25) is 0 Å². The molecule has 3 rings (SSSR count). The summed E-state index contributed by atoms with van der Waals surface area (Å²) in [5, 5.41) is 4.79. The number of hydrogen-bond donors (Lipinski definition) is 2. The molecule has 26 heavy (non-hydrogen) atoms. The first kappa shape index (κ1) is 21.0. The third-order valence-corrected chi connectivity index (χ3v) is 4.88. The van der Waals surface area contributed by atoms with Gasteiger partial charge in [-0.25, -0.2) is 0 Å². The van der Waals surface area contributed by atoms with Crippen LogP contribution in [0.1, 0.15) is 24.1 Å². The lowest BCUT2D eigenvalue weighted by Gasteiger charge is -2.22. The molecule has 0 atom stereocenters. The molecular weight excluding hydrogens is 439 g/mol. The van der Waals surface area contributed by atoms with Crippen molar-refractivity contribution >= 4 is 40.8 Å². The highest BCUT2D eigenvalue weighted by Crippen LogP contribution is 2.28. The summed E-state index contributed by atoms with van der Waals surface area (Å²) in [5.41, 5.74) is 3.85. The average molecular weight is 470 g/mol. The van der Waals surface area contributed by atoms with Gasteiger partial charge in [-0.2, -0.15) is 0 Å². The molecule has 5 nitrogen and oxygen atoms in total. The zero-order valence-electron chi connectivity index (χ0n) is 16.0. The Kier molecular flexibility index (Phi) is 8.21. The molecule has 2 N–H and O–H groups in total. The summed E-state index contributed by atoms with van der Waals surface area (Å²) < 4.78 is 5.72. The number of H-pyrrole nitrogens is 1. The number of fused-ring (bicyclic) bond motifs is 1. The number of nitrogens with zero attached hydrogens (tertiary/aromatic N) is 2. The number of para-hydroxylation sites is 1. The lowest BCUT2D eigenvalue weighted by molar-refractivity contribution is 0.115. The molecule has 0 spiro atoms. The topological polar surface area (TPSA) is 52.7 Å². The fraction of sp³-hybridized carbons (Fsp3) is 0.550. The Balaban J connectivity index is 0.00000243. The Morgan fingerprint density at radius 2 is 2.12 bits per heavy atom. The van der Waals surface area contributed by atoms with Crippen LogP contribution in [0.25, 0.3) is 10.9 Å². The van der Waals surface area contributed by atoms with Gasteiger partial charge in [-0.15, -0.1) is 24.0 Å². The predicted molar refractivity (Wildman–Crippen MR) is 120 cm³/mol. The summed E-state index contributed by atoms with van der Waals surface area (Å²) in [6.07, 6.45) is 3.65. The van der Waals surface area contributed by atoms with E-state index in [4.69, 9.17) is 4.74 Å². The number of guanidine groups is 1. The van der Waals surface area contributed by atoms with Gasteiger partial charge in [0, 0.05) is 50.4 Å². The van der Waals surface area contributed by atoms with Crippen molar-refractivity contribution in [1.29, 1.82) is 0 Å². The third-order valence-electron chi connectivity index (χ3n) is 4.88. The van der Waals surface area contributed by atoms with Crippen LogP contribution in [0.4, 0.5) is 0 Å². The zero-order valence-corrected chi connectivity index (χ0v) is 18.4. The Labute approximate surface area is 173 Å². The largest absolute Gasteiger partial charge is 0.379 e. The lowest BCUT2D eigenvalue weighted by Crippen LogP contribution is -2.41. The third kappa shape index (κ3) is 5.61. The van der Waals surface area contributed by atoms with Gasteiger partial charge in [0.05, 0.1) is 6.61 Å². The molecular formula is C20H31IN4O. The summed E-state index contributed by atoms with van der Waals surface area (Å²) in [4.78, 5) is 9.99. The first-order chi connectivity index (χ1) is 12.2. The van der Waals surface area contributed by atoms with Gasteiger partial charge < -0.3 is 19.9 Å². The fourth-order valence-electron chi connectivity index (χ4n) is 3.18. The van der Waals surface area contributed by atoms with E-state index in [9.17, 15) is 0 Å². The van der Waals surface area contributed by atoms with E-state index in [1.807, 2.05) is 7.05 Å². The minimum atomic E-state index is 0. The number of benzene rings is 1. The van der Waals surface area contributed by atoms with Crippen LogP contribution in [0.15, 0.2) is 29.3 Å². The van der Waals surface area contributed by atoms with E-state index < -0.39 is 0 Å². The molecule has 0 bridgehead atoms. The summed E-state index contributed by atoms with van der Waals surface area (Å²) in [6, 6.07) is 8.49. The standard InChI is InChI=1S/C20H30N4O.HI/c1-15-17(18-6-4-5-7-19(18)23-15)10-11-22-20(21-2)24(3)12-13-25-14-16-8-9-16;/h4-7,16,23H,8-14H2,1-3H3,(H,21,22);1H. The highest BCUT2D eigenvalue weighted by atomic mass is 127. The van der Waals surface area contributed by atoms with Crippen molar-refractivity contribution in [3.05, 3.63) is 35.5 Å². The molecule has 144 valence electrons. The molecule has 1 heterocycles. The number of aromatic nitrogens is 1. The first-order valence-corrected chi connectivity index (χ1v) is 9.24. The summed E-state index contributed by atoms with van der Waals surface area (Å²) >= 11 is 0. The van der Waals surface area contributed by atoms with E-state index in [-0.39, 0.29) is 24.0 Å². The number of halogens is 1. The number of hydrogen-bond acceptors (Lipinski definition) is 2. The van der Waals surface area contributed by atoms with E-state index in [0.29, 0.717) is 0 Å². The zero-order chi connectivity index (χ0) is 17.6. The maximum atomic E-state index is 5.72. The van der Waals surface area contributed by atoms with E-state index in [1.54, 1.807) is 0 Å². The molecule has 0 amide bonds. The Bertz CT molecular complexity index is 724. The Morgan fingerprint density at radius 1 is 1.35 bits per heavy atom. The highest BCUT2D eigenvalue weighted by Gasteiger charge is 2.21. The van der Waals surface area contributed by atoms with Crippen LogP contribution in [-0.4, -0.2) is 56.2 Å². The maximum Gasteiger partial charge on any atom is 0.193 e. The second kappa shape index (κ2) is 10.2. The number of rotatable bonds is 8. The average Bonchev–Trinajstić information content (AvgIpc) is 3.38. The van der Waals surface area contributed by atoms with E-state index in [2.05, 4.69) is 58.4 Å². The van der Waals surface area contributed by atoms with Crippen molar-refractivity contribution in [2.45, 2.75) is 26.2 Å². The molecule has 0 unspecified atom stereocenters. The lowest BCUT2D eigenvalue weighted by atomic mass is 10.1. The van der Waals surface area contributed by atoms with Crippen LogP contribution in [0.3, 0.4) is 0 Å². The van der Waals surface area contributed by atoms with Crippen LogP contribution in [-0.2, 0) is 11.2 Å².